The van der Waals surface area contributed by atoms with Gasteiger partial charge in [-0.25, -0.2) is 0 Å². The molecule has 2 nitrogen and oxygen atoms in total. The Kier molecular flexibility index (Phi) is 2.70. The Morgan fingerprint density at radius 2 is 2.00 bits per heavy atom. The first kappa shape index (κ1) is 10.2. The molecule has 0 aliphatic carbocycles. The van der Waals surface area contributed by atoms with E-state index in [9.17, 15) is 0 Å². The molecule has 0 saturated carbocycles. The maximum Gasteiger partial charge on any atom is 0.0463 e. The van der Waals surface area contributed by atoms with E-state index < -0.39 is 0 Å². The van der Waals surface area contributed by atoms with Gasteiger partial charge in [-0.15, -0.1) is 0 Å². The number of hydrogen-bond acceptors (Lipinski definition) is 2. The van der Waals surface area contributed by atoms with Crippen molar-refractivity contribution in [3.05, 3.63) is 54.7 Å². The standard InChI is InChI=1S/C15H16N2/c1-2-5-13-10-14(8-7-12(13)4-1)17-11-15-6-3-9-16-15/h1-5,7-10,15-17H,6,11H2/t15-/m0/s1. The van der Waals surface area contributed by atoms with Gasteiger partial charge >= 0.3 is 0 Å². The van der Waals surface area contributed by atoms with E-state index in [2.05, 4.69) is 59.2 Å². The molecule has 0 fully saturated rings. The lowest BCUT2D eigenvalue weighted by molar-refractivity contribution is 0.656. The second-order valence-electron chi connectivity index (χ2n) is 4.44. The Hall–Kier alpha value is -1.96. The van der Waals surface area contributed by atoms with Crippen LogP contribution in [0.25, 0.3) is 10.8 Å². The van der Waals surface area contributed by atoms with E-state index in [1.54, 1.807) is 0 Å². The summed E-state index contributed by atoms with van der Waals surface area (Å²) < 4.78 is 0. The largest absolute Gasteiger partial charge is 0.386 e. The van der Waals surface area contributed by atoms with Crippen molar-refractivity contribution < 1.29 is 0 Å². The molecule has 1 aliphatic rings. The summed E-state index contributed by atoms with van der Waals surface area (Å²) in [5, 5.41) is 9.37. The molecule has 0 bridgehead atoms. The van der Waals surface area contributed by atoms with E-state index in [0.29, 0.717) is 6.04 Å². The first-order valence-corrected chi connectivity index (χ1v) is 6.05. The van der Waals surface area contributed by atoms with E-state index in [4.69, 9.17) is 0 Å². The van der Waals surface area contributed by atoms with E-state index >= 15 is 0 Å². The molecule has 1 heterocycles. The number of benzene rings is 2. The van der Waals surface area contributed by atoms with Crippen LogP contribution in [0.1, 0.15) is 6.42 Å². The molecule has 2 N–H and O–H groups in total. The van der Waals surface area contributed by atoms with Crippen molar-refractivity contribution in [2.45, 2.75) is 12.5 Å². The summed E-state index contributed by atoms with van der Waals surface area (Å²) in [4.78, 5) is 0. The van der Waals surface area contributed by atoms with Crippen molar-refractivity contribution in [1.29, 1.82) is 0 Å². The van der Waals surface area contributed by atoms with Gasteiger partial charge in [-0.2, -0.15) is 0 Å². The SMILES string of the molecule is C1=CN[C@H](CNc2ccc3ccccc3c2)C1. The Morgan fingerprint density at radius 1 is 1.12 bits per heavy atom. The van der Waals surface area contributed by atoms with Crippen LogP contribution in [0.2, 0.25) is 0 Å². The van der Waals surface area contributed by atoms with E-state index in [1.165, 1.54) is 16.5 Å². The van der Waals surface area contributed by atoms with Gasteiger partial charge in [0.15, 0.2) is 0 Å². The van der Waals surface area contributed by atoms with Gasteiger partial charge < -0.3 is 10.6 Å². The maximum atomic E-state index is 3.48. The molecule has 0 radical (unpaired) electrons. The molecule has 17 heavy (non-hydrogen) atoms. The highest BCUT2D eigenvalue weighted by atomic mass is 15.0. The molecule has 1 aliphatic heterocycles. The second kappa shape index (κ2) is 4.50. The zero-order valence-corrected chi connectivity index (χ0v) is 9.69. The highest BCUT2D eigenvalue weighted by Gasteiger charge is 2.08. The molecular formula is C15H16N2. The molecule has 1 atom stereocenters. The average Bonchev–Trinajstić information content (AvgIpc) is 2.89. The van der Waals surface area contributed by atoms with Crippen LogP contribution in [0.3, 0.4) is 0 Å². The third kappa shape index (κ3) is 2.26. The summed E-state index contributed by atoms with van der Waals surface area (Å²) in [5.74, 6) is 0. The van der Waals surface area contributed by atoms with E-state index in [1.807, 2.05) is 6.20 Å². The molecule has 0 unspecified atom stereocenters. The Bertz CT molecular complexity index is 537. The molecule has 2 aromatic rings. The summed E-state index contributed by atoms with van der Waals surface area (Å²) in [6, 6.07) is 15.5. The fraction of sp³-hybridized carbons (Fsp3) is 0.200. The third-order valence-corrected chi connectivity index (χ3v) is 3.17. The van der Waals surface area contributed by atoms with Crippen LogP contribution >= 0.6 is 0 Å². The molecule has 0 amide bonds. The van der Waals surface area contributed by atoms with E-state index in [-0.39, 0.29) is 0 Å². The zero-order valence-electron chi connectivity index (χ0n) is 9.69. The normalized spacial score (nSPS) is 18.2. The average molecular weight is 224 g/mol. The fourth-order valence-electron chi connectivity index (χ4n) is 2.19. The quantitative estimate of drug-likeness (QED) is 0.837. The molecule has 2 heteroatoms. The van der Waals surface area contributed by atoms with Gasteiger partial charge in [0.25, 0.3) is 0 Å². The molecule has 3 rings (SSSR count). The predicted octanol–water partition coefficient (Wildman–Crippen LogP) is 3.13. The lowest BCUT2D eigenvalue weighted by atomic mass is 10.1. The molecular weight excluding hydrogens is 208 g/mol. The lowest BCUT2D eigenvalue weighted by Crippen LogP contribution is -2.27. The number of fused-ring (bicyclic) bond motifs is 1. The van der Waals surface area contributed by atoms with Crippen molar-refractivity contribution in [3.8, 4) is 0 Å². The zero-order chi connectivity index (χ0) is 11.5. The lowest BCUT2D eigenvalue weighted by Gasteiger charge is -2.13. The van der Waals surface area contributed by atoms with Crippen molar-refractivity contribution in [3.63, 3.8) is 0 Å². The number of nitrogens with one attached hydrogen (secondary N) is 2. The van der Waals surface area contributed by atoms with Crippen LogP contribution in [0.15, 0.2) is 54.7 Å². The van der Waals surface area contributed by atoms with Gasteiger partial charge in [-0.05, 0) is 35.5 Å². The van der Waals surface area contributed by atoms with Crippen LogP contribution in [-0.4, -0.2) is 12.6 Å². The van der Waals surface area contributed by atoms with Gasteiger partial charge in [0.2, 0.25) is 0 Å². The number of rotatable bonds is 3. The minimum absolute atomic E-state index is 0.529. The number of hydrogen-bond donors (Lipinski definition) is 2. The van der Waals surface area contributed by atoms with Crippen LogP contribution < -0.4 is 10.6 Å². The van der Waals surface area contributed by atoms with Gasteiger partial charge in [0, 0.05) is 18.3 Å². The molecule has 0 spiro atoms. The minimum atomic E-state index is 0.529. The van der Waals surface area contributed by atoms with E-state index in [0.717, 1.165) is 13.0 Å². The third-order valence-electron chi connectivity index (χ3n) is 3.17. The first-order chi connectivity index (χ1) is 8.42. The summed E-state index contributed by atoms with van der Waals surface area (Å²) in [6.07, 6.45) is 5.32. The Balaban J connectivity index is 1.72. The maximum absolute atomic E-state index is 3.48. The van der Waals surface area contributed by atoms with Crippen molar-refractivity contribution in [2.75, 3.05) is 11.9 Å². The molecule has 0 aromatic heterocycles. The monoisotopic (exact) mass is 224 g/mol. The van der Waals surface area contributed by atoms with Crippen LogP contribution in [0, 0.1) is 0 Å². The predicted molar refractivity (Wildman–Crippen MR) is 73.1 cm³/mol. The van der Waals surface area contributed by atoms with Crippen molar-refractivity contribution in [1.82, 2.24) is 5.32 Å². The molecule has 0 saturated heterocycles. The first-order valence-electron chi connectivity index (χ1n) is 6.05. The van der Waals surface area contributed by atoms with Crippen LogP contribution in [0.4, 0.5) is 5.69 Å². The Labute approximate surface area is 101 Å². The highest BCUT2D eigenvalue weighted by Crippen LogP contribution is 2.19. The molecule has 86 valence electrons. The Morgan fingerprint density at radius 3 is 2.82 bits per heavy atom. The van der Waals surface area contributed by atoms with Gasteiger partial charge in [0.05, 0.1) is 0 Å². The van der Waals surface area contributed by atoms with Crippen molar-refractivity contribution in [2.24, 2.45) is 0 Å². The van der Waals surface area contributed by atoms with Gasteiger partial charge in [-0.3, -0.25) is 0 Å². The smallest absolute Gasteiger partial charge is 0.0463 e. The highest BCUT2D eigenvalue weighted by molar-refractivity contribution is 5.85. The summed E-state index contributed by atoms with van der Waals surface area (Å²) in [5.41, 5.74) is 1.19. The van der Waals surface area contributed by atoms with Gasteiger partial charge in [0.1, 0.15) is 0 Å². The molecule has 2 aromatic carbocycles. The summed E-state index contributed by atoms with van der Waals surface area (Å²) in [7, 11) is 0. The minimum Gasteiger partial charge on any atom is -0.386 e. The summed E-state index contributed by atoms with van der Waals surface area (Å²) >= 11 is 0. The second-order valence-corrected chi connectivity index (χ2v) is 4.44. The summed E-state index contributed by atoms with van der Waals surface area (Å²) in [6.45, 7) is 0.964. The van der Waals surface area contributed by atoms with Crippen LogP contribution in [-0.2, 0) is 0 Å². The van der Waals surface area contributed by atoms with Crippen LogP contribution in [0.5, 0.6) is 0 Å². The van der Waals surface area contributed by atoms with Crippen molar-refractivity contribution >= 4 is 16.5 Å². The number of anilines is 1. The fourth-order valence-corrected chi connectivity index (χ4v) is 2.19. The van der Waals surface area contributed by atoms with Gasteiger partial charge in [-0.1, -0.05) is 36.4 Å². The topological polar surface area (TPSA) is 24.1 Å².